The fourth-order valence-corrected chi connectivity index (χ4v) is 2.17. The van der Waals surface area contributed by atoms with Crippen LogP contribution in [0.2, 0.25) is 0 Å². The molecular weight excluding hydrogens is 407 g/mol. The topological polar surface area (TPSA) is 73.2 Å². The average molecular weight is 420 g/mol. The van der Waals surface area contributed by atoms with Gasteiger partial charge in [-0.2, -0.15) is 13.2 Å². The fourth-order valence-electron chi connectivity index (χ4n) is 1.79. The molecule has 2 aromatic heterocycles. The molecule has 1 N–H and O–H groups in total. The SMILES string of the molecule is O=C(Cn1cc(Br)ccc1=O)NCc1ccc(OCC(F)(F)F)nc1. The summed E-state index contributed by atoms with van der Waals surface area (Å²) in [6.07, 6.45) is -1.63. The van der Waals surface area contributed by atoms with Crippen molar-refractivity contribution in [2.75, 3.05) is 6.61 Å². The van der Waals surface area contributed by atoms with Crippen LogP contribution in [0.3, 0.4) is 0 Å². The summed E-state index contributed by atoms with van der Waals surface area (Å²) >= 11 is 3.21. The van der Waals surface area contributed by atoms with Crippen molar-refractivity contribution in [1.82, 2.24) is 14.9 Å². The normalized spacial score (nSPS) is 11.2. The van der Waals surface area contributed by atoms with E-state index in [1.54, 1.807) is 6.07 Å². The molecule has 2 heterocycles. The van der Waals surface area contributed by atoms with Crippen LogP contribution >= 0.6 is 15.9 Å². The van der Waals surface area contributed by atoms with Gasteiger partial charge in [-0.15, -0.1) is 0 Å². The van der Waals surface area contributed by atoms with Gasteiger partial charge in [-0.05, 0) is 27.6 Å². The smallest absolute Gasteiger partial charge is 0.422 e. The monoisotopic (exact) mass is 419 g/mol. The molecule has 134 valence electrons. The number of hydrogen-bond donors (Lipinski definition) is 1. The first-order chi connectivity index (χ1) is 11.7. The largest absolute Gasteiger partial charge is 0.468 e. The predicted octanol–water partition coefficient (Wildman–Crippen LogP) is 2.26. The summed E-state index contributed by atoms with van der Waals surface area (Å²) in [5, 5.41) is 2.60. The van der Waals surface area contributed by atoms with Crippen molar-refractivity contribution in [3.63, 3.8) is 0 Å². The quantitative estimate of drug-likeness (QED) is 0.779. The maximum atomic E-state index is 12.0. The second-order valence-corrected chi connectivity index (χ2v) is 5.91. The van der Waals surface area contributed by atoms with Crippen molar-refractivity contribution < 1.29 is 22.7 Å². The van der Waals surface area contributed by atoms with Gasteiger partial charge in [-0.3, -0.25) is 9.59 Å². The Morgan fingerprint density at radius 1 is 1.28 bits per heavy atom. The summed E-state index contributed by atoms with van der Waals surface area (Å²) < 4.78 is 42.5. The van der Waals surface area contributed by atoms with Crippen molar-refractivity contribution in [2.24, 2.45) is 0 Å². The summed E-state index contributed by atoms with van der Waals surface area (Å²) in [5.41, 5.74) is 0.264. The molecule has 10 heteroatoms. The van der Waals surface area contributed by atoms with Gasteiger partial charge < -0.3 is 14.6 Å². The number of nitrogens with zero attached hydrogens (tertiary/aromatic N) is 2. The Bertz CT molecular complexity index is 791. The van der Waals surface area contributed by atoms with Gasteiger partial charge in [0, 0.05) is 35.5 Å². The molecule has 0 spiro atoms. The lowest BCUT2D eigenvalue weighted by Crippen LogP contribution is -2.31. The van der Waals surface area contributed by atoms with Crippen LogP contribution in [0.4, 0.5) is 13.2 Å². The maximum absolute atomic E-state index is 12.0. The third-order valence-corrected chi connectivity index (χ3v) is 3.40. The number of amides is 1. The molecule has 25 heavy (non-hydrogen) atoms. The Balaban J connectivity index is 1.85. The summed E-state index contributed by atoms with van der Waals surface area (Å²) in [6.45, 7) is -1.45. The molecule has 0 bridgehead atoms. The van der Waals surface area contributed by atoms with Gasteiger partial charge in [0.05, 0.1) is 0 Å². The first-order valence-corrected chi connectivity index (χ1v) is 7.79. The van der Waals surface area contributed by atoms with Crippen LogP contribution in [0.25, 0.3) is 0 Å². The highest BCUT2D eigenvalue weighted by atomic mass is 79.9. The first kappa shape index (κ1) is 19.0. The Morgan fingerprint density at radius 2 is 2.04 bits per heavy atom. The second kappa shape index (κ2) is 8.15. The van der Waals surface area contributed by atoms with E-state index in [0.29, 0.717) is 10.0 Å². The minimum absolute atomic E-state index is 0.119. The number of hydrogen-bond acceptors (Lipinski definition) is 4. The van der Waals surface area contributed by atoms with Gasteiger partial charge in [-0.1, -0.05) is 6.07 Å². The number of aromatic nitrogens is 2. The zero-order valence-electron chi connectivity index (χ0n) is 12.7. The second-order valence-electron chi connectivity index (χ2n) is 5.00. The van der Waals surface area contributed by atoms with E-state index in [-0.39, 0.29) is 24.5 Å². The van der Waals surface area contributed by atoms with Crippen LogP contribution in [-0.2, 0) is 17.9 Å². The summed E-state index contributed by atoms with van der Waals surface area (Å²) in [6, 6.07) is 5.68. The van der Waals surface area contributed by atoms with E-state index in [1.165, 1.54) is 35.2 Å². The molecule has 2 aromatic rings. The molecule has 0 fully saturated rings. The van der Waals surface area contributed by atoms with Crippen molar-refractivity contribution in [2.45, 2.75) is 19.3 Å². The lowest BCUT2D eigenvalue weighted by atomic mass is 10.3. The molecule has 0 radical (unpaired) electrons. The Kier molecular flexibility index (Phi) is 6.18. The van der Waals surface area contributed by atoms with Crippen LogP contribution in [-0.4, -0.2) is 28.2 Å². The molecule has 0 aliphatic rings. The van der Waals surface area contributed by atoms with E-state index < -0.39 is 18.7 Å². The minimum atomic E-state index is -4.43. The number of halogens is 4. The van der Waals surface area contributed by atoms with Gasteiger partial charge in [-0.25, -0.2) is 4.98 Å². The number of carbonyl (C=O) groups excluding carboxylic acids is 1. The van der Waals surface area contributed by atoms with Crippen LogP contribution in [0.5, 0.6) is 5.88 Å². The molecule has 0 unspecified atom stereocenters. The number of alkyl halides is 3. The Hall–Kier alpha value is -2.36. The highest BCUT2D eigenvalue weighted by Crippen LogP contribution is 2.17. The highest BCUT2D eigenvalue weighted by Gasteiger charge is 2.28. The standard InChI is InChI=1S/C15H13BrF3N3O3/c16-11-2-4-14(24)22(7-11)8-12(23)20-5-10-1-3-13(21-6-10)25-9-15(17,18)19/h1-4,6-7H,5,8-9H2,(H,20,23). The van der Waals surface area contributed by atoms with E-state index in [4.69, 9.17) is 0 Å². The molecule has 0 saturated carbocycles. The van der Waals surface area contributed by atoms with Crippen LogP contribution in [0.1, 0.15) is 5.56 Å². The molecular formula is C15H13BrF3N3O3. The zero-order chi connectivity index (χ0) is 18.4. The molecule has 0 aromatic carbocycles. The predicted molar refractivity (Wildman–Crippen MR) is 86.0 cm³/mol. The van der Waals surface area contributed by atoms with Gasteiger partial charge in [0.25, 0.3) is 5.56 Å². The maximum Gasteiger partial charge on any atom is 0.422 e. The fraction of sp³-hybridized carbons (Fsp3) is 0.267. The number of pyridine rings is 2. The molecule has 0 atom stereocenters. The van der Waals surface area contributed by atoms with Gasteiger partial charge in [0.15, 0.2) is 6.61 Å². The molecule has 2 rings (SSSR count). The van der Waals surface area contributed by atoms with E-state index in [9.17, 15) is 22.8 Å². The van der Waals surface area contributed by atoms with Crippen molar-refractivity contribution in [3.8, 4) is 5.88 Å². The lowest BCUT2D eigenvalue weighted by Gasteiger charge is -2.09. The van der Waals surface area contributed by atoms with Gasteiger partial charge in [0.1, 0.15) is 6.54 Å². The third-order valence-electron chi connectivity index (χ3n) is 2.93. The van der Waals surface area contributed by atoms with Crippen LogP contribution in [0.15, 0.2) is 45.9 Å². The highest BCUT2D eigenvalue weighted by molar-refractivity contribution is 9.10. The van der Waals surface area contributed by atoms with Crippen LogP contribution < -0.4 is 15.6 Å². The summed E-state index contributed by atoms with van der Waals surface area (Å²) in [5.74, 6) is -0.550. The number of nitrogens with one attached hydrogen (secondary N) is 1. The number of ether oxygens (including phenoxy) is 1. The van der Waals surface area contributed by atoms with Crippen LogP contribution in [0, 0.1) is 0 Å². The first-order valence-electron chi connectivity index (χ1n) is 7.00. The lowest BCUT2D eigenvalue weighted by molar-refractivity contribution is -0.154. The van der Waals surface area contributed by atoms with Gasteiger partial charge >= 0.3 is 6.18 Å². The van der Waals surface area contributed by atoms with Crippen molar-refractivity contribution in [1.29, 1.82) is 0 Å². The molecule has 0 aliphatic carbocycles. The Morgan fingerprint density at radius 3 is 2.68 bits per heavy atom. The van der Waals surface area contributed by atoms with E-state index >= 15 is 0 Å². The molecule has 1 amide bonds. The molecule has 0 aliphatic heterocycles. The van der Waals surface area contributed by atoms with Crippen molar-refractivity contribution >= 4 is 21.8 Å². The van der Waals surface area contributed by atoms with Crippen molar-refractivity contribution in [3.05, 3.63) is 57.0 Å². The average Bonchev–Trinajstić information content (AvgIpc) is 2.55. The molecule has 0 saturated heterocycles. The van der Waals surface area contributed by atoms with E-state index in [2.05, 4.69) is 31.0 Å². The summed E-state index contributed by atoms with van der Waals surface area (Å²) in [7, 11) is 0. The zero-order valence-corrected chi connectivity index (χ0v) is 14.3. The van der Waals surface area contributed by atoms with E-state index in [1.807, 2.05) is 0 Å². The van der Waals surface area contributed by atoms with Gasteiger partial charge in [0.2, 0.25) is 11.8 Å². The number of carbonyl (C=O) groups is 1. The minimum Gasteiger partial charge on any atom is -0.468 e. The Labute approximate surface area is 148 Å². The summed E-state index contributed by atoms with van der Waals surface area (Å²) in [4.78, 5) is 27.2. The third kappa shape index (κ3) is 6.57. The number of rotatable bonds is 6. The molecule has 6 nitrogen and oxygen atoms in total. The van der Waals surface area contributed by atoms with E-state index in [0.717, 1.165) is 0 Å².